The summed E-state index contributed by atoms with van der Waals surface area (Å²) in [6, 6.07) is 8.34. The van der Waals surface area contributed by atoms with Crippen molar-refractivity contribution in [3.8, 4) is 0 Å². The molecular weight excluding hydrogens is 518 g/mol. The number of amides is 1. The molecule has 1 N–H and O–H groups in total. The average Bonchev–Trinajstić information content (AvgIpc) is 2.96. The average molecular weight is 568 g/mol. The number of halogens is 1. The Kier molecular flexibility index (Phi) is 20.8. The summed E-state index contributed by atoms with van der Waals surface area (Å²) in [6.07, 6.45) is 4.11. The number of allylic oxidation sites excluding steroid dienone is 1. The molecule has 1 amide bonds. The van der Waals surface area contributed by atoms with E-state index in [9.17, 15) is 4.79 Å². The Morgan fingerprint density at radius 3 is 1.92 bits per heavy atom. The molecule has 1 heterocycles. The SMILES string of the molecule is C=C/C(=C\C)C(c1ccc(Cl)cc1)N1CCN(CCOCCOCCOCCOCCNC(C)=O)CC1.CC. The smallest absolute Gasteiger partial charge is 0.216 e. The Labute approximate surface area is 241 Å². The van der Waals surface area contributed by atoms with Crippen LogP contribution in [-0.4, -0.2) is 108 Å². The van der Waals surface area contributed by atoms with E-state index >= 15 is 0 Å². The standard InChI is InChI=1S/C28H44ClN3O5.C2H6/c1-4-25(5-2)28(26-6-8-27(29)9-7-26)32-13-11-31(12-14-32)15-17-35-19-21-37-23-22-36-20-18-34-16-10-30-24(3)33;1-2/h4-9,28H,1,10-23H2,2-3H3,(H,30,33);1-2H3/b25-5+;. The van der Waals surface area contributed by atoms with Crippen LogP contribution >= 0.6 is 11.6 Å². The van der Waals surface area contributed by atoms with Crippen molar-refractivity contribution in [2.45, 2.75) is 33.7 Å². The Balaban J connectivity index is 0.00000371. The lowest BCUT2D eigenvalue weighted by atomic mass is 9.96. The zero-order valence-electron chi connectivity index (χ0n) is 24.5. The van der Waals surface area contributed by atoms with Crippen LogP contribution in [0.2, 0.25) is 5.02 Å². The Hall–Kier alpha value is -1.78. The van der Waals surface area contributed by atoms with E-state index in [0.29, 0.717) is 59.4 Å². The second kappa shape index (κ2) is 23.0. The summed E-state index contributed by atoms with van der Waals surface area (Å²) in [5.41, 5.74) is 2.46. The van der Waals surface area contributed by atoms with Gasteiger partial charge in [-0.15, -0.1) is 0 Å². The molecule has 1 saturated heterocycles. The maximum atomic E-state index is 10.7. The van der Waals surface area contributed by atoms with E-state index < -0.39 is 0 Å². The van der Waals surface area contributed by atoms with Crippen LogP contribution in [0.5, 0.6) is 0 Å². The van der Waals surface area contributed by atoms with Gasteiger partial charge in [-0.25, -0.2) is 0 Å². The molecule has 1 aromatic rings. The number of carbonyl (C=O) groups excluding carboxylic acids is 1. The second-order valence-electron chi connectivity index (χ2n) is 8.76. The normalized spacial score (nSPS) is 15.4. The van der Waals surface area contributed by atoms with Crippen molar-refractivity contribution in [1.82, 2.24) is 15.1 Å². The minimum atomic E-state index is -0.0501. The van der Waals surface area contributed by atoms with Gasteiger partial charge in [0.05, 0.1) is 58.9 Å². The number of nitrogens with zero attached hydrogens (tertiary/aromatic N) is 2. The third-order valence-electron chi connectivity index (χ3n) is 6.13. The topological polar surface area (TPSA) is 72.5 Å². The first-order valence-corrected chi connectivity index (χ1v) is 14.5. The maximum Gasteiger partial charge on any atom is 0.216 e. The molecule has 0 radical (unpaired) electrons. The molecule has 9 heteroatoms. The summed E-state index contributed by atoms with van der Waals surface area (Å²) < 4.78 is 22.1. The van der Waals surface area contributed by atoms with E-state index in [1.165, 1.54) is 18.1 Å². The minimum absolute atomic E-state index is 0.0501. The molecule has 0 bridgehead atoms. The molecular formula is C30H50ClN3O5. The predicted molar refractivity (Wildman–Crippen MR) is 159 cm³/mol. The van der Waals surface area contributed by atoms with Crippen LogP contribution in [0, 0.1) is 0 Å². The van der Waals surface area contributed by atoms with Gasteiger partial charge in [-0.1, -0.05) is 56.3 Å². The number of nitrogens with one attached hydrogen (secondary N) is 1. The Morgan fingerprint density at radius 1 is 0.923 bits per heavy atom. The molecule has 8 nitrogen and oxygen atoms in total. The van der Waals surface area contributed by atoms with Crippen molar-refractivity contribution < 1.29 is 23.7 Å². The fourth-order valence-electron chi connectivity index (χ4n) is 4.15. The first kappa shape index (κ1) is 35.2. The summed E-state index contributed by atoms with van der Waals surface area (Å²) in [5, 5.41) is 3.43. The van der Waals surface area contributed by atoms with Crippen LogP contribution in [-0.2, 0) is 23.7 Å². The molecule has 1 fully saturated rings. The largest absolute Gasteiger partial charge is 0.378 e. The van der Waals surface area contributed by atoms with Gasteiger partial charge in [0.15, 0.2) is 0 Å². The van der Waals surface area contributed by atoms with Gasteiger partial charge in [-0.2, -0.15) is 0 Å². The van der Waals surface area contributed by atoms with E-state index in [-0.39, 0.29) is 11.9 Å². The first-order valence-electron chi connectivity index (χ1n) is 14.1. The van der Waals surface area contributed by atoms with Crippen molar-refractivity contribution in [2.75, 3.05) is 92.1 Å². The molecule has 0 saturated carbocycles. The van der Waals surface area contributed by atoms with Gasteiger partial charge < -0.3 is 24.3 Å². The molecule has 0 spiro atoms. The van der Waals surface area contributed by atoms with Crippen LogP contribution in [0.4, 0.5) is 0 Å². The van der Waals surface area contributed by atoms with Gasteiger partial charge in [0, 0.05) is 51.2 Å². The van der Waals surface area contributed by atoms with Crippen molar-refractivity contribution in [2.24, 2.45) is 0 Å². The summed E-state index contributed by atoms with van der Waals surface area (Å²) >= 11 is 6.11. The number of hydrogen-bond donors (Lipinski definition) is 1. The van der Waals surface area contributed by atoms with Crippen molar-refractivity contribution in [3.05, 3.63) is 59.2 Å². The highest BCUT2D eigenvalue weighted by molar-refractivity contribution is 6.30. The van der Waals surface area contributed by atoms with E-state index in [4.69, 9.17) is 30.5 Å². The van der Waals surface area contributed by atoms with E-state index in [1.807, 2.05) is 32.1 Å². The lowest BCUT2D eigenvalue weighted by Crippen LogP contribution is -2.48. The zero-order valence-corrected chi connectivity index (χ0v) is 25.2. The number of hydrogen-bond acceptors (Lipinski definition) is 7. The highest BCUT2D eigenvalue weighted by Gasteiger charge is 2.26. The van der Waals surface area contributed by atoms with Gasteiger partial charge in [-0.3, -0.25) is 14.6 Å². The maximum absolute atomic E-state index is 10.7. The number of ether oxygens (including phenoxy) is 4. The van der Waals surface area contributed by atoms with Gasteiger partial charge >= 0.3 is 0 Å². The van der Waals surface area contributed by atoms with Gasteiger partial charge in [0.1, 0.15) is 0 Å². The Bertz CT molecular complexity index is 798. The molecule has 0 aromatic heterocycles. The molecule has 1 unspecified atom stereocenters. The molecule has 222 valence electrons. The summed E-state index contributed by atoms with van der Waals surface area (Å²) in [5.74, 6) is -0.0501. The fourth-order valence-corrected chi connectivity index (χ4v) is 4.27. The van der Waals surface area contributed by atoms with Crippen molar-refractivity contribution >= 4 is 17.5 Å². The lowest BCUT2D eigenvalue weighted by Gasteiger charge is -2.40. The number of rotatable bonds is 19. The van der Waals surface area contributed by atoms with E-state index in [2.05, 4.69) is 46.8 Å². The molecule has 1 aliphatic heterocycles. The monoisotopic (exact) mass is 567 g/mol. The van der Waals surface area contributed by atoms with Gasteiger partial charge in [0.2, 0.25) is 5.91 Å². The van der Waals surface area contributed by atoms with E-state index in [1.54, 1.807) is 0 Å². The van der Waals surface area contributed by atoms with E-state index in [0.717, 1.165) is 37.7 Å². The van der Waals surface area contributed by atoms with Crippen LogP contribution in [0.1, 0.15) is 39.3 Å². The van der Waals surface area contributed by atoms with Crippen molar-refractivity contribution in [3.63, 3.8) is 0 Å². The molecule has 39 heavy (non-hydrogen) atoms. The first-order chi connectivity index (χ1) is 19.0. The number of carbonyl (C=O) groups is 1. The highest BCUT2D eigenvalue weighted by atomic mass is 35.5. The quantitative estimate of drug-likeness (QED) is 0.197. The number of piperazine rings is 1. The summed E-state index contributed by atoms with van der Waals surface area (Å²) in [6.45, 7) is 21.4. The number of benzene rings is 1. The zero-order chi connectivity index (χ0) is 28.7. The lowest BCUT2D eigenvalue weighted by molar-refractivity contribution is -0.119. The molecule has 0 aliphatic carbocycles. The van der Waals surface area contributed by atoms with Gasteiger partial charge in [-0.05, 0) is 30.2 Å². The fraction of sp³-hybridized carbons (Fsp3) is 0.633. The molecule has 1 aromatic carbocycles. The highest BCUT2D eigenvalue weighted by Crippen LogP contribution is 2.31. The third kappa shape index (κ3) is 15.6. The van der Waals surface area contributed by atoms with Gasteiger partial charge in [0.25, 0.3) is 0 Å². The minimum Gasteiger partial charge on any atom is -0.378 e. The summed E-state index contributed by atoms with van der Waals surface area (Å²) in [4.78, 5) is 15.7. The molecule has 1 atom stereocenters. The van der Waals surface area contributed by atoms with Crippen LogP contribution in [0.3, 0.4) is 0 Å². The summed E-state index contributed by atoms with van der Waals surface area (Å²) in [7, 11) is 0. The second-order valence-corrected chi connectivity index (χ2v) is 9.19. The van der Waals surface area contributed by atoms with Crippen LogP contribution in [0.25, 0.3) is 0 Å². The molecule has 2 rings (SSSR count). The third-order valence-corrected chi connectivity index (χ3v) is 6.38. The predicted octanol–water partition coefficient (Wildman–Crippen LogP) is 4.36. The van der Waals surface area contributed by atoms with Crippen molar-refractivity contribution in [1.29, 1.82) is 0 Å². The van der Waals surface area contributed by atoms with Crippen LogP contribution < -0.4 is 5.32 Å². The van der Waals surface area contributed by atoms with Crippen LogP contribution in [0.15, 0.2) is 48.6 Å². The molecule has 1 aliphatic rings. The Morgan fingerprint density at radius 2 is 1.44 bits per heavy atom.